The van der Waals surface area contributed by atoms with E-state index in [-0.39, 0.29) is 6.54 Å². The van der Waals surface area contributed by atoms with Crippen LogP contribution in [0.15, 0.2) is 12.1 Å². The maximum atomic E-state index is 12.4. The Morgan fingerprint density at radius 3 is 2.67 bits per heavy atom. The summed E-state index contributed by atoms with van der Waals surface area (Å²) in [6, 6.07) is 2.96. The van der Waals surface area contributed by atoms with Gasteiger partial charge in [-0.3, -0.25) is 19.3 Å². The Kier molecular flexibility index (Phi) is 3.59. The second-order valence-corrected chi connectivity index (χ2v) is 5.16. The first-order valence-electron chi connectivity index (χ1n) is 6.26. The number of ether oxygens (including phenoxy) is 2. The molecule has 0 aromatic heterocycles. The fourth-order valence-electron chi connectivity index (χ4n) is 2.18. The Labute approximate surface area is 121 Å². The lowest BCUT2D eigenvalue weighted by Gasteiger charge is -2.38. The van der Waals surface area contributed by atoms with Crippen molar-refractivity contribution in [2.75, 3.05) is 18.6 Å². The van der Waals surface area contributed by atoms with E-state index in [1.165, 1.54) is 24.1 Å². The normalized spacial score (nSPS) is 16.0. The van der Waals surface area contributed by atoms with Crippen molar-refractivity contribution < 1.29 is 23.9 Å². The Balaban J connectivity index is 2.67. The minimum absolute atomic E-state index is 0.291. The van der Waals surface area contributed by atoms with Crippen molar-refractivity contribution in [2.45, 2.75) is 19.4 Å². The molecule has 0 atom stereocenters. The van der Waals surface area contributed by atoms with Gasteiger partial charge in [0.05, 0.1) is 12.8 Å². The monoisotopic (exact) mass is 292 g/mol. The quantitative estimate of drug-likeness (QED) is 0.815. The van der Waals surface area contributed by atoms with Gasteiger partial charge >= 0.3 is 0 Å². The summed E-state index contributed by atoms with van der Waals surface area (Å²) in [5, 5.41) is 0. The van der Waals surface area contributed by atoms with Gasteiger partial charge in [0.2, 0.25) is 5.91 Å². The molecule has 0 radical (unpaired) electrons. The minimum atomic E-state index is -1.17. The van der Waals surface area contributed by atoms with E-state index in [4.69, 9.17) is 15.2 Å². The zero-order chi connectivity index (χ0) is 15.8. The first kappa shape index (κ1) is 14.8. The second-order valence-electron chi connectivity index (χ2n) is 5.16. The number of rotatable bonds is 4. The molecule has 0 spiro atoms. The molecule has 0 bridgehead atoms. The molecule has 21 heavy (non-hydrogen) atoms. The molecule has 2 amide bonds. The number of aldehydes is 1. The maximum Gasteiger partial charge on any atom is 0.271 e. The van der Waals surface area contributed by atoms with Crippen LogP contribution in [0.3, 0.4) is 0 Å². The number of nitrogens with zero attached hydrogens (tertiary/aromatic N) is 1. The highest BCUT2D eigenvalue weighted by molar-refractivity contribution is 6.06. The molecule has 0 unspecified atom stereocenters. The molecule has 112 valence electrons. The summed E-state index contributed by atoms with van der Waals surface area (Å²) in [5.41, 5.74) is 4.62. The number of hydrogen-bond donors (Lipinski definition) is 1. The van der Waals surface area contributed by atoms with Crippen molar-refractivity contribution in [3.8, 4) is 11.5 Å². The Morgan fingerprint density at radius 1 is 1.48 bits per heavy atom. The highest BCUT2D eigenvalue weighted by atomic mass is 16.5. The topological polar surface area (TPSA) is 98.9 Å². The number of carbonyl (C=O) groups is 3. The van der Waals surface area contributed by atoms with Crippen LogP contribution in [0.5, 0.6) is 11.5 Å². The van der Waals surface area contributed by atoms with Crippen molar-refractivity contribution in [3.05, 3.63) is 17.7 Å². The van der Waals surface area contributed by atoms with Crippen molar-refractivity contribution >= 4 is 23.8 Å². The van der Waals surface area contributed by atoms with Crippen LogP contribution >= 0.6 is 0 Å². The molecule has 1 aliphatic heterocycles. The Morgan fingerprint density at radius 2 is 2.14 bits per heavy atom. The van der Waals surface area contributed by atoms with Gasteiger partial charge in [0, 0.05) is 5.56 Å². The molecule has 1 aromatic carbocycles. The lowest BCUT2D eigenvalue weighted by molar-refractivity contribution is -0.134. The van der Waals surface area contributed by atoms with Crippen LogP contribution in [0.1, 0.15) is 24.2 Å². The Bertz CT molecular complexity index is 624. The number of benzene rings is 1. The van der Waals surface area contributed by atoms with E-state index >= 15 is 0 Å². The molecule has 2 N–H and O–H groups in total. The van der Waals surface area contributed by atoms with Gasteiger partial charge in [-0.05, 0) is 26.0 Å². The predicted molar refractivity (Wildman–Crippen MR) is 74.6 cm³/mol. The molecule has 0 fully saturated rings. The van der Waals surface area contributed by atoms with Crippen LogP contribution in [0, 0.1) is 0 Å². The maximum absolute atomic E-state index is 12.4. The molecule has 7 nitrogen and oxygen atoms in total. The van der Waals surface area contributed by atoms with Gasteiger partial charge in [-0.2, -0.15) is 0 Å². The van der Waals surface area contributed by atoms with Crippen molar-refractivity contribution in [1.82, 2.24) is 0 Å². The van der Waals surface area contributed by atoms with Gasteiger partial charge in [0.15, 0.2) is 17.1 Å². The number of anilines is 1. The van der Waals surface area contributed by atoms with Gasteiger partial charge in [-0.1, -0.05) is 0 Å². The van der Waals surface area contributed by atoms with E-state index < -0.39 is 17.4 Å². The standard InChI is InChI=1S/C14H16N2O5/c1-14(2)13(19)16(6-11(15)18)9-4-8(7-17)5-10(20-3)12(9)21-14/h4-5,7H,6H2,1-3H3,(H2,15,18). The van der Waals surface area contributed by atoms with E-state index in [1.807, 2.05) is 0 Å². The van der Waals surface area contributed by atoms with E-state index in [1.54, 1.807) is 13.8 Å². The first-order chi connectivity index (χ1) is 9.80. The summed E-state index contributed by atoms with van der Waals surface area (Å²) in [5.74, 6) is -0.472. The largest absolute Gasteiger partial charge is 0.493 e. The van der Waals surface area contributed by atoms with Crippen LogP contribution in [0.25, 0.3) is 0 Å². The van der Waals surface area contributed by atoms with Crippen LogP contribution in [0.4, 0.5) is 5.69 Å². The molecule has 0 aliphatic carbocycles. The van der Waals surface area contributed by atoms with E-state index in [0.29, 0.717) is 29.0 Å². The summed E-state index contributed by atoms with van der Waals surface area (Å²) in [6.45, 7) is 2.86. The number of fused-ring (bicyclic) bond motifs is 1. The number of nitrogens with two attached hydrogens (primary N) is 1. The highest BCUT2D eigenvalue weighted by Crippen LogP contribution is 2.44. The van der Waals surface area contributed by atoms with E-state index in [9.17, 15) is 14.4 Å². The third-order valence-corrected chi connectivity index (χ3v) is 3.14. The molecular formula is C14H16N2O5. The highest BCUT2D eigenvalue weighted by Gasteiger charge is 2.43. The van der Waals surface area contributed by atoms with E-state index in [2.05, 4.69) is 0 Å². The summed E-state index contributed by atoms with van der Waals surface area (Å²) >= 11 is 0. The van der Waals surface area contributed by atoms with Gasteiger partial charge in [-0.25, -0.2) is 0 Å². The van der Waals surface area contributed by atoms with Gasteiger partial charge in [0.25, 0.3) is 5.91 Å². The molecule has 1 aromatic rings. The van der Waals surface area contributed by atoms with E-state index in [0.717, 1.165) is 0 Å². The number of primary amides is 1. The van der Waals surface area contributed by atoms with Gasteiger partial charge in [-0.15, -0.1) is 0 Å². The van der Waals surface area contributed by atoms with Crippen molar-refractivity contribution in [2.24, 2.45) is 5.73 Å². The fourth-order valence-corrected chi connectivity index (χ4v) is 2.18. The number of amides is 2. The van der Waals surface area contributed by atoms with Crippen molar-refractivity contribution in [1.29, 1.82) is 0 Å². The zero-order valence-corrected chi connectivity index (χ0v) is 12.0. The number of hydrogen-bond acceptors (Lipinski definition) is 5. The van der Waals surface area contributed by atoms with Gasteiger partial charge in [0.1, 0.15) is 12.8 Å². The summed E-state index contributed by atoms with van der Waals surface area (Å²) in [7, 11) is 1.43. The average Bonchev–Trinajstić information content (AvgIpc) is 2.42. The molecule has 0 saturated carbocycles. The number of methoxy groups -OCH3 is 1. The number of carbonyl (C=O) groups excluding carboxylic acids is 3. The summed E-state index contributed by atoms with van der Waals surface area (Å²) in [4.78, 5) is 35.8. The molecular weight excluding hydrogens is 276 g/mol. The fraction of sp³-hybridized carbons (Fsp3) is 0.357. The third kappa shape index (κ3) is 2.54. The second kappa shape index (κ2) is 5.08. The molecule has 1 heterocycles. The summed E-state index contributed by atoms with van der Waals surface area (Å²) < 4.78 is 10.9. The molecule has 1 aliphatic rings. The lowest BCUT2D eigenvalue weighted by Crippen LogP contribution is -2.54. The van der Waals surface area contributed by atoms with Crippen molar-refractivity contribution in [3.63, 3.8) is 0 Å². The smallest absolute Gasteiger partial charge is 0.271 e. The first-order valence-corrected chi connectivity index (χ1v) is 6.26. The Hall–Kier alpha value is -2.57. The van der Waals surface area contributed by atoms with Gasteiger partial charge < -0.3 is 15.2 Å². The third-order valence-electron chi connectivity index (χ3n) is 3.14. The van der Waals surface area contributed by atoms with Crippen LogP contribution < -0.4 is 20.1 Å². The lowest BCUT2D eigenvalue weighted by atomic mass is 10.0. The minimum Gasteiger partial charge on any atom is -0.493 e. The van der Waals surface area contributed by atoms with Crippen LogP contribution in [-0.2, 0) is 9.59 Å². The zero-order valence-electron chi connectivity index (χ0n) is 12.0. The molecule has 7 heteroatoms. The van der Waals surface area contributed by atoms with Crippen LogP contribution in [-0.4, -0.2) is 37.4 Å². The average molecular weight is 292 g/mol. The van der Waals surface area contributed by atoms with Crippen LogP contribution in [0.2, 0.25) is 0 Å². The molecule has 0 saturated heterocycles. The SMILES string of the molecule is COc1cc(C=O)cc2c1OC(C)(C)C(=O)N2CC(N)=O. The molecule has 2 rings (SSSR count). The summed E-state index contributed by atoms with van der Waals surface area (Å²) in [6.07, 6.45) is 0.621. The predicted octanol–water partition coefficient (Wildman–Crippen LogP) is 0.497.